The number of aromatic nitrogens is 1. The van der Waals surface area contributed by atoms with Crippen molar-refractivity contribution in [1.29, 1.82) is 0 Å². The summed E-state index contributed by atoms with van der Waals surface area (Å²) in [6.07, 6.45) is 3.28. The topological polar surface area (TPSA) is 66.8 Å². The average molecular weight is 469 g/mol. The Morgan fingerprint density at radius 2 is 1.74 bits per heavy atom. The zero-order valence-electron chi connectivity index (χ0n) is 21.5. The van der Waals surface area contributed by atoms with E-state index in [0.29, 0.717) is 31.4 Å². The smallest absolute Gasteiger partial charge is 0.410 e. The number of carbonyl (C=O) groups excluding carboxylic acids is 2. The molecular formula is C27H40N4O3. The van der Waals surface area contributed by atoms with Crippen LogP contribution < -0.4 is 5.32 Å². The van der Waals surface area contributed by atoms with Crippen molar-refractivity contribution in [2.24, 2.45) is 0 Å². The van der Waals surface area contributed by atoms with Crippen LogP contribution in [0.5, 0.6) is 0 Å². The van der Waals surface area contributed by atoms with Gasteiger partial charge in [-0.25, -0.2) is 4.79 Å². The summed E-state index contributed by atoms with van der Waals surface area (Å²) < 4.78 is 7.55. The fourth-order valence-corrected chi connectivity index (χ4v) is 4.16. The largest absolute Gasteiger partial charge is 0.444 e. The average Bonchev–Trinajstić information content (AvgIpc) is 3.27. The van der Waals surface area contributed by atoms with Gasteiger partial charge in [0.25, 0.3) is 5.91 Å². The third-order valence-electron chi connectivity index (χ3n) is 6.38. The third-order valence-corrected chi connectivity index (χ3v) is 6.38. The first-order valence-corrected chi connectivity index (χ1v) is 12.2. The number of likely N-dealkylation sites (tertiary alicyclic amines) is 1. The van der Waals surface area contributed by atoms with Gasteiger partial charge in [0.05, 0.1) is 0 Å². The van der Waals surface area contributed by atoms with Crippen molar-refractivity contribution in [3.63, 3.8) is 0 Å². The minimum Gasteiger partial charge on any atom is -0.444 e. The van der Waals surface area contributed by atoms with Crippen LogP contribution >= 0.6 is 0 Å². The maximum atomic E-state index is 13.1. The molecule has 1 saturated heterocycles. The molecule has 0 spiro atoms. The van der Waals surface area contributed by atoms with Crippen molar-refractivity contribution < 1.29 is 14.3 Å². The first-order valence-electron chi connectivity index (χ1n) is 12.2. The molecule has 1 fully saturated rings. The lowest BCUT2D eigenvalue weighted by atomic mass is 10.0. The number of ether oxygens (including phenoxy) is 1. The highest BCUT2D eigenvalue weighted by Gasteiger charge is 2.28. The molecule has 0 unspecified atom stereocenters. The van der Waals surface area contributed by atoms with Crippen LogP contribution in [-0.2, 0) is 17.8 Å². The summed E-state index contributed by atoms with van der Waals surface area (Å²) in [5.74, 6) is -0.0772. The van der Waals surface area contributed by atoms with Gasteiger partial charge < -0.3 is 19.5 Å². The Labute approximate surface area is 204 Å². The van der Waals surface area contributed by atoms with E-state index in [4.69, 9.17) is 4.74 Å². The van der Waals surface area contributed by atoms with E-state index in [-0.39, 0.29) is 18.0 Å². The van der Waals surface area contributed by atoms with Gasteiger partial charge in [-0.2, -0.15) is 0 Å². The summed E-state index contributed by atoms with van der Waals surface area (Å²) in [5.41, 5.74) is 2.52. The predicted octanol–water partition coefficient (Wildman–Crippen LogP) is 4.83. The first-order chi connectivity index (χ1) is 16.0. The van der Waals surface area contributed by atoms with Gasteiger partial charge in [0.15, 0.2) is 0 Å². The van der Waals surface area contributed by atoms with Gasteiger partial charge in [0, 0.05) is 44.5 Å². The van der Waals surface area contributed by atoms with Crippen LogP contribution in [0.25, 0.3) is 0 Å². The van der Waals surface area contributed by atoms with E-state index in [0.717, 1.165) is 24.9 Å². The van der Waals surface area contributed by atoms with Crippen molar-refractivity contribution in [3.05, 3.63) is 59.4 Å². The van der Waals surface area contributed by atoms with Crippen LogP contribution in [0.2, 0.25) is 0 Å². The second-order valence-corrected chi connectivity index (χ2v) is 10.5. The lowest BCUT2D eigenvalue weighted by Crippen LogP contribution is -2.42. The fourth-order valence-electron chi connectivity index (χ4n) is 4.16. The first kappa shape index (κ1) is 25.8. The fraction of sp³-hybridized carbons (Fsp3) is 0.556. The van der Waals surface area contributed by atoms with Crippen LogP contribution in [0.4, 0.5) is 4.79 Å². The quantitative estimate of drug-likeness (QED) is 0.632. The zero-order chi connectivity index (χ0) is 24.9. The van der Waals surface area contributed by atoms with E-state index in [1.165, 1.54) is 5.56 Å². The molecule has 1 aromatic carbocycles. The highest BCUT2D eigenvalue weighted by atomic mass is 16.6. The second kappa shape index (κ2) is 11.1. The standard InChI is InChI=1S/C27H40N4O3/c1-20(2)29(6)19-22-11-8-7-10-21(22)18-28-25(32)24-12-9-15-31(24)23-13-16-30(17-14-23)26(33)34-27(3,4)5/h7-12,15,20,23H,13-14,16-19H2,1-6H3,(H,28,32). The predicted molar refractivity (Wildman–Crippen MR) is 135 cm³/mol. The van der Waals surface area contributed by atoms with Crippen LogP contribution in [0.3, 0.4) is 0 Å². The molecule has 1 N–H and O–H groups in total. The molecule has 0 atom stereocenters. The number of rotatable bonds is 7. The van der Waals surface area contributed by atoms with Crippen LogP contribution in [0, 0.1) is 0 Å². The van der Waals surface area contributed by atoms with Gasteiger partial charge in [-0.15, -0.1) is 0 Å². The highest BCUT2D eigenvalue weighted by molar-refractivity contribution is 5.92. The minimum atomic E-state index is -0.498. The number of carbonyl (C=O) groups is 2. The van der Waals surface area contributed by atoms with E-state index in [1.807, 2.05) is 51.2 Å². The van der Waals surface area contributed by atoms with Crippen LogP contribution in [0.1, 0.15) is 75.1 Å². The molecule has 0 saturated carbocycles. The van der Waals surface area contributed by atoms with Gasteiger partial charge in [0.1, 0.15) is 11.3 Å². The molecule has 1 aliphatic heterocycles. The van der Waals surface area contributed by atoms with Crippen molar-refractivity contribution in [1.82, 2.24) is 19.7 Å². The summed E-state index contributed by atoms with van der Waals surface area (Å²) in [4.78, 5) is 29.5. The summed E-state index contributed by atoms with van der Waals surface area (Å²) in [6.45, 7) is 12.6. The summed E-state index contributed by atoms with van der Waals surface area (Å²) in [5, 5.41) is 3.11. The van der Waals surface area contributed by atoms with Crippen molar-refractivity contribution in [3.8, 4) is 0 Å². The lowest BCUT2D eigenvalue weighted by Gasteiger charge is -2.34. The summed E-state index contributed by atoms with van der Waals surface area (Å²) in [7, 11) is 2.11. The molecule has 186 valence electrons. The molecular weight excluding hydrogens is 428 g/mol. The number of benzene rings is 1. The highest BCUT2D eigenvalue weighted by Crippen LogP contribution is 2.26. The maximum absolute atomic E-state index is 13.1. The molecule has 7 heteroatoms. The Balaban J connectivity index is 1.59. The normalized spacial score (nSPS) is 15.1. The van der Waals surface area contributed by atoms with Crippen LogP contribution in [-0.4, -0.2) is 58.1 Å². The SMILES string of the molecule is CC(C)N(C)Cc1ccccc1CNC(=O)c1cccn1C1CCN(C(=O)OC(C)(C)C)CC1. The molecule has 0 radical (unpaired) electrons. The van der Waals surface area contributed by atoms with Crippen molar-refractivity contribution >= 4 is 12.0 Å². The van der Waals surface area contributed by atoms with Gasteiger partial charge in [-0.05, 0) is 77.8 Å². The van der Waals surface area contributed by atoms with E-state index in [9.17, 15) is 9.59 Å². The molecule has 1 aromatic heterocycles. The summed E-state index contributed by atoms with van der Waals surface area (Å²) >= 11 is 0. The van der Waals surface area contributed by atoms with E-state index < -0.39 is 5.60 Å². The van der Waals surface area contributed by atoms with Gasteiger partial charge in [-0.1, -0.05) is 24.3 Å². The van der Waals surface area contributed by atoms with Crippen LogP contribution in [0.15, 0.2) is 42.6 Å². The number of amides is 2. The number of nitrogens with zero attached hydrogens (tertiary/aromatic N) is 3. The van der Waals surface area contributed by atoms with Gasteiger partial charge >= 0.3 is 6.09 Å². The van der Waals surface area contributed by atoms with E-state index in [2.05, 4.69) is 47.8 Å². The van der Waals surface area contributed by atoms with Crippen molar-refractivity contribution in [2.75, 3.05) is 20.1 Å². The molecule has 3 rings (SSSR count). The zero-order valence-corrected chi connectivity index (χ0v) is 21.5. The second-order valence-electron chi connectivity index (χ2n) is 10.5. The van der Waals surface area contributed by atoms with E-state index in [1.54, 1.807) is 4.90 Å². The molecule has 2 heterocycles. The lowest BCUT2D eigenvalue weighted by molar-refractivity contribution is 0.0187. The molecule has 0 aliphatic carbocycles. The molecule has 0 bridgehead atoms. The molecule has 1 aliphatic rings. The third kappa shape index (κ3) is 6.86. The summed E-state index contributed by atoms with van der Waals surface area (Å²) in [6, 6.07) is 12.7. The monoisotopic (exact) mass is 468 g/mol. The minimum absolute atomic E-state index is 0.0772. The Kier molecular flexibility index (Phi) is 8.42. The number of hydrogen-bond donors (Lipinski definition) is 1. The molecule has 2 amide bonds. The Morgan fingerprint density at radius 1 is 1.09 bits per heavy atom. The Bertz CT molecular complexity index is 968. The Hall–Kier alpha value is -2.80. The van der Waals surface area contributed by atoms with Crippen molar-refractivity contribution in [2.45, 2.75) is 78.2 Å². The number of nitrogens with one attached hydrogen (secondary N) is 1. The molecule has 34 heavy (non-hydrogen) atoms. The number of hydrogen-bond acceptors (Lipinski definition) is 4. The number of piperidine rings is 1. The Morgan fingerprint density at radius 3 is 2.35 bits per heavy atom. The van der Waals surface area contributed by atoms with Gasteiger partial charge in [0.2, 0.25) is 0 Å². The van der Waals surface area contributed by atoms with Gasteiger partial charge in [-0.3, -0.25) is 9.69 Å². The molecule has 7 nitrogen and oxygen atoms in total. The van der Waals surface area contributed by atoms with E-state index >= 15 is 0 Å². The molecule has 2 aromatic rings. The maximum Gasteiger partial charge on any atom is 0.410 e.